The fourth-order valence-corrected chi connectivity index (χ4v) is 2.91. The first kappa shape index (κ1) is 19.7. The van der Waals surface area contributed by atoms with Crippen molar-refractivity contribution >= 4 is 22.0 Å². The second-order valence-corrected chi connectivity index (χ2v) is 7.14. The Hall–Kier alpha value is -1.39. The van der Waals surface area contributed by atoms with Crippen molar-refractivity contribution in [1.82, 2.24) is 14.1 Å². The highest BCUT2D eigenvalue weighted by Gasteiger charge is 2.27. The first-order chi connectivity index (χ1) is 10.8. The van der Waals surface area contributed by atoms with E-state index in [0.29, 0.717) is 32.8 Å². The summed E-state index contributed by atoms with van der Waals surface area (Å²) < 4.78 is 34.3. The molecule has 0 bridgehead atoms. The lowest BCUT2D eigenvalue weighted by Crippen LogP contribution is -2.53. The van der Waals surface area contributed by atoms with Crippen LogP contribution in [-0.4, -0.2) is 100 Å². The molecule has 10 heteroatoms. The van der Waals surface area contributed by atoms with Gasteiger partial charge in [0.25, 0.3) is 0 Å². The van der Waals surface area contributed by atoms with Gasteiger partial charge in [-0.2, -0.15) is 4.31 Å². The van der Waals surface area contributed by atoms with E-state index >= 15 is 0 Å². The topological polar surface area (TPSA) is 96.5 Å². The predicted octanol–water partition coefficient (Wildman–Crippen LogP) is -0.805. The molecule has 0 aromatic rings. The lowest BCUT2D eigenvalue weighted by molar-refractivity contribution is -0.133. The van der Waals surface area contributed by atoms with Crippen LogP contribution in [0.15, 0.2) is 0 Å². The van der Waals surface area contributed by atoms with Crippen LogP contribution in [0.3, 0.4) is 0 Å². The summed E-state index contributed by atoms with van der Waals surface area (Å²) in [6.07, 6.45) is 0.673. The summed E-state index contributed by atoms with van der Waals surface area (Å²) in [5.74, 6) is -0.282. The van der Waals surface area contributed by atoms with Crippen LogP contribution < -0.4 is 0 Å². The number of methoxy groups -OCH3 is 1. The highest BCUT2D eigenvalue weighted by atomic mass is 32.2. The van der Waals surface area contributed by atoms with Gasteiger partial charge in [-0.1, -0.05) is 0 Å². The zero-order valence-electron chi connectivity index (χ0n) is 13.9. The quantitative estimate of drug-likeness (QED) is 0.595. The molecule has 9 nitrogen and oxygen atoms in total. The number of ether oxygens (including phenoxy) is 2. The van der Waals surface area contributed by atoms with Crippen molar-refractivity contribution in [1.29, 1.82) is 0 Å². The number of carbonyl (C=O) groups excluding carboxylic acids is 2. The molecule has 0 spiro atoms. The molecule has 1 saturated heterocycles. The van der Waals surface area contributed by atoms with E-state index in [1.807, 2.05) is 0 Å². The van der Waals surface area contributed by atoms with Crippen molar-refractivity contribution in [2.24, 2.45) is 0 Å². The molecule has 1 heterocycles. The first-order valence-electron chi connectivity index (χ1n) is 7.43. The zero-order chi connectivity index (χ0) is 17.5. The molecular weight excluding hydrogens is 326 g/mol. The van der Waals surface area contributed by atoms with Gasteiger partial charge in [-0.05, 0) is 6.92 Å². The smallest absolute Gasteiger partial charge is 0.409 e. The molecule has 0 unspecified atom stereocenters. The SMILES string of the molecule is CCOC(=O)N1CCN(C(=O)CN(CCOC)S(C)(=O)=O)CC1. The van der Waals surface area contributed by atoms with Crippen molar-refractivity contribution in [3.05, 3.63) is 0 Å². The summed E-state index contributed by atoms with van der Waals surface area (Å²) >= 11 is 0. The third-order valence-corrected chi connectivity index (χ3v) is 4.73. The number of piperazine rings is 1. The Morgan fingerprint density at radius 3 is 2.17 bits per heavy atom. The lowest BCUT2D eigenvalue weighted by atomic mass is 10.3. The van der Waals surface area contributed by atoms with Crippen LogP contribution in [0.2, 0.25) is 0 Å². The predicted molar refractivity (Wildman–Crippen MR) is 83.5 cm³/mol. The van der Waals surface area contributed by atoms with E-state index in [2.05, 4.69) is 0 Å². The second kappa shape index (κ2) is 9.04. The van der Waals surface area contributed by atoms with Crippen molar-refractivity contribution in [3.8, 4) is 0 Å². The Kier molecular flexibility index (Phi) is 7.73. The van der Waals surface area contributed by atoms with Crippen LogP contribution in [0, 0.1) is 0 Å². The largest absolute Gasteiger partial charge is 0.450 e. The van der Waals surface area contributed by atoms with Gasteiger partial charge >= 0.3 is 6.09 Å². The normalized spacial score (nSPS) is 15.8. The van der Waals surface area contributed by atoms with Crippen LogP contribution in [0.5, 0.6) is 0 Å². The molecule has 0 N–H and O–H groups in total. The van der Waals surface area contributed by atoms with Gasteiger partial charge in [-0.15, -0.1) is 0 Å². The average molecular weight is 351 g/mol. The number of hydrogen-bond donors (Lipinski definition) is 0. The summed E-state index contributed by atoms with van der Waals surface area (Å²) in [7, 11) is -2.01. The number of hydrogen-bond acceptors (Lipinski definition) is 6. The summed E-state index contributed by atoms with van der Waals surface area (Å²) in [5.41, 5.74) is 0. The molecule has 1 aliphatic heterocycles. The first-order valence-corrected chi connectivity index (χ1v) is 9.28. The van der Waals surface area contributed by atoms with Crippen molar-refractivity contribution in [2.45, 2.75) is 6.92 Å². The Morgan fingerprint density at radius 1 is 1.13 bits per heavy atom. The number of sulfonamides is 1. The van der Waals surface area contributed by atoms with Gasteiger partial charge in [-0.3, -0.25) is 4.79 Å². The van der Waals surface area contributed by atoms with Gasteiger partial charge in [0, 0.05) is 39.8 Å². The van der Waals surface area contributed by atoms with E-state index < -0.39 is 16.1 Å². The van der Waals surface area contributed by atoms with Gasteiger partial charge in [0.2, 0.25) is 15.9 Å². The Morgan fingerprint density at radius 2 is 1.70 bits per heavy atom. The highest BCUT2D eigenvalue weighted by molar-refractivity contribution is 7.88. The fourth-order valence-electron chi connectivity index (χ4n) is 2.16. The molecule has 134 valence electrons. The summed E-state index contributed by atoms with van der Waals surface area (Å²) in [5, 5.41) is 0. The molecular formula is C13H25N3O6S. The van der Waals surface area contributed by atoms with Gasteiger partial charge in [0.05, 0.1) is 26.0 Å². The third-order valence-electron chi connectivity index (χ3n) is 3.48. The average Bonchev–Trinajstić information content (AvgIpc) is 2.50. The summed E-state index contributed by atoms with van der Waals surface area (Å²) in [6, 6.07) is 0. The lowest BCUT2D eigenvalue weighted by Gasteiger charge is -2.34. The van der Waals surface area contributed by atoms with E-state index in [9.17, 15) is 18.0 Å². The minimum Gasteiger partial charge on any atom is -0.450 e. The molecule has 1 fully saturated rings. The number of amides is 2. The number of rotatable bonds is 7. The minimum absolute atomic E-state index is 0.129. The molecule has 1 aliphatic rings. The van der Waals surface area contributed by atoms with E-state index in [-0.39, 0.29) is 25.6 Å². The van der Waals surface area contributed by atoms with Gasteiger partial charge in [0.1, 0.15) is 0 Å². The molecule has 0 radical (unpaired) electrons. The minimum atomic E-state index is -3.48. The van der Waals surface area contributed by atoms with Crippen LogP contribution >= 0.6 is 0 Å². The van der Waals surface area contributed by atoms with Crippen LogP contribution in [0.25, 0.3) is 0 Å². The maximum Gasteiger partial charge on any atom is 0.409 e. The maximum absolute atomic E-state index is 12.3. The summed E-state index contributed by atoms with van der Waals surface area (Å²) in [4.78, 5) is 27.0. The molecule has 0 aromatic heterocycles. The van der Waals surface area contributed by atoms with E-state index in [1.165, 1.54) is 12.0 Å². The molecule has 0 aromatic carbocycles. The van der Waals surface area contributed by atoms with Crippen LogP contribution in [0.1, 0.15) is 6.92 Å². The standard InChI is InChI=1S/C13H25N3O6S/c1-4-22-13(18)15-7-5-14(6-8-15)12(17)11-16(9-10-21-2)23(3,19)20/h4-11H2,1-3H3. The fraction of sp³-hybridized carbons (Fsp3) is 0.846. The number of nitrogens with zero attached hydrogens (tertiary/aromatic N) is 3. The zero-order valence-corrected chi connectivity index (χ0v) is 14.7. The molecule has 23 heavy (non-hydrogen) atoms. The molecule has 1 rings (SSSR count). The van der Waals surface area contributed by atoms with Crippen molar-refractivity contribution in [3.63, 3.8) is 0 Å². The van der Waals surface area contributed by atoms with E-state index in [4.69, 9.17) is 9.47 Å². The van der Waals surface area contributed by atoms with Crippen molar-refractivity contribution in [2.75, 3.05) is 65.8 Å². The van der Waals surface area contributed by atoms with Gasteiger partial charge < -0.3 is 19.3 Å². The van der Waals surface area contributed by atoms with Gasteiger partial charge in [0.15, 0.2) is 0 Å². The second-order valence-electron chi connectivity index (χ2n) is 5.16. The monoisotopic (exact) mass is 351 g/mol. The maximum atomic E-state index is 12.3. The molecule has 0 atom stereocenters. The van der Waals surface area contributed by atoms with E-state index in [1.54, 1.807) is 11.8 Å². The Labute approximate surface area is 137 Å². The highest BCUT2D eigenvalue weighted by Crippen LogP contribution is 2.06. The third kappa shape index (κ3) is 6.32. The molecule has 0 saturated carbocycles. The van der Waals surface area contributed by atoms with Crippen LogP contribution in [0.4, 0.5) is 4.79 Å². The number of carbonyl (C=O) groups is 2. The Balaban J connectivity index is 2.53. The molecule has 0 aliphatic carbocycles. The van der Waals surface area contributed by atoms with Gasteiger partial charge in [-0.25, -0.2) is 13.2 Å². The Bertz CT molecular complexity index is 502. The summed E-state index contributed by atoms with van der Waals surface area (Å²) in [6.45, 7) is 3.64. The van der Waals surface area contributed by atoms with E-state index in [0.717, 1.165) is 10.6 Å². The van der Waals surface area contributed by atoms with Crippen LogP contribution in [-0.2, 0) is 24.3 Å². The van der Waals surface area contributed by atoms with Crippen molar-refractivity contribution < 1.29 is 27.5 Å². The molecule has 2 amide bonds.